The Morgan fingerprint density at radius 1 is 1.11 bits per heavy atom. The van der Waals surface area contributed by atoms with Crippen LogP contribution in [-0.4, -0.2) is 20.4 Å². The number of rotatable bonds is 6. The number of imidazole rings is 1. The number of carbonyl (C=O) groups excluding carboxylic acids is 1. The first-order chi connectivity index (χ1) is 16.9. The van der Waals surface area contributed by atoms with Gasteiger partial charge in [0.1, 0.15) is 10.8 Å². The molecule has 180 valence electrons. The summed E-state index contributed by atoms with van der Waals surface area (Å²) in [7, 11) is 0. The summed E-state index contributed by atoms with van der Waals surface area (Å²) >= 11 is 1.73. The van der Waals surface area contributed by atoms with Crippen LogP contribution in [0, 0.1) is 6.92 Å². The van der Waals surface area contributed by atoms with Crippen molar-refractivity contribution in [2.24, 2.45) is 0 Å². The molecule has 5 rings (SSSR count). The van der Waals surface area contributed by atoms with Crippen molar-refractivity contribution in [2.75, 3.05) is 11.1 Å². The lowest BCUT2D eigenvalue weighted by Gasteiger charge is -2.27. The Balaban J connectivity index is 1.43. The molecular formula is C28H31N5OS. The van der Waals surface area contributed by atoms with Crippen LogP contribution in [-0.2, 0) is 5.41 Å². The van der Waals surface area contributed by atoms with E-state index in [9.17, 15) is 4.79 Å². The fraction of sp³-hybridized carbons (Fsp3) is 0.321. The van der Waals surface area contributed by atoms with Crippen LogP contribution >= 0.6 is 11.3 Å². The predicted octanol–water partition coefficient (Wildman–Crippen LogP) is 6.59. The average molecular weight is 486 g/mol. The number of para-hydroxylation sites is 2. The van der Waals surface area contributed by atoms with E-state index in [0.717, 1.165) is 35.1 Å². The highest BCUT2D eigenvalue weighted by molar-refractivity contribution is 7.10. The maximum atomic E-state index is 12.8. The van der Waals surface area contributed by atoms with Gasteiger partial charge in [-0.15, -0.1) is 11.3 Å². The molecule has 4 aromatic rings. The summed E-state index contributed by atoms with van der Waals surface area (Å²) in [6, 6.07) is 15.6. The van der Waals surface area contributed by atoms with Crippen molar-refractivity contribution in [3.8, 4) is 11.4 Å². The summed E-state index contributed by atoms with van der Waals surface area (Å²) in [6.45, 7) is 6.39. The van der Waals surface area contributed by atoms with Gasteiger partial charge in [-0.1, -0.05) is 37.1 Å². The molecule has 0 spiro atoms. The van der Waals surface area contributed by atoms with Crippen LogP contribution in [0.25, 0.3) is 11.4 Å². The van der Waals surface area contributed by atoms with E-state index >= 15 is 0 Å². The number of carbonyl (C=O) groups is 1. The van der Waals surface area contributed by atoms with Gasteiger partial charge in [-0.05, 0) is 63.4 Å². The fourth-order valence-corrected chi connectivity index (χ4v) is 6.35. The first-order valence-electron chi connectivity index (χ1n) is 12.2. The first kappa shape index (κ1) is 23.3. The number of aryl methyl sites for hydroxylation is 1. The Morgan fingerprint density at radius 3 is 2.51 bits per heavy atom. The molecule has 1 amide bonds. The van der Waals surface area contributed by atoms with Gasteiger partial charge in [-0.2, -0.15) is 0 Å². The van der Waals surface area contributed by atoms with Crippen LogP contribution < -0.4 is 11.1 Å². The highest BCUT2D eigenvalue weighted by atomic mass is 32.1. The lowest BCUT2D eigenvalue weighted by Crippen LogP contribution is -2.24. The molecule has 2 aromatic heterocycles. The summed E-state index contributed by atoms with van der Waals surface area (Å²) in [4.78, 5) is 22.5. The molecule has 6 nitrogen and oxygen atoms in total. The second-order valence-electron chi connectivity index (χ2n) is 9.60. The number of nitrogen functional groups attached to an aromatic ring is 1. The molecule has 2 aromatic carbocycles. The van der Waals surface area contributed by atoms with Crippen molar-refractivity contribution in [3.63, 3.8) is 0 Å². The molecule has 7 heteroatoms. The molecule has 1 aliphatic rings. The van der Waals surface area contributed by atoms with Crippen LogP contribution in [0.5, 0.6) is 0 Å². The number of amides is 1. The third-order valence-corrected chi connectivity index (χ3v) is 8.09. The minimum Gasteiger partial charge on any atom is -0.397 e. The first-order valence-corrected chi connectivity index (χ1v) is 13.0. The Labute approximate surface area is 210 Å². The molecule has 35 heavy (non-hydrogen) atoms. The van der Waals surface area contributed by atoms with Gasteiger partial charge in [0.25, 0.3) is 5.91 Å². The Morgan fingerprint density at radius 2 is 1.83 bits per heavy atom. The van der Waals surface area contributed by atoms with E-state index in [1.165, 1.54) is 18.4 Å². The number of nitrogens with zero attached hydrogens (tertiary/aromatic N) is 3. The Kier molecular flexibility index (Phi) is 6.19. The van der Waals surface area contributed by atoms with E-state index in [4.69, 9.17) is 10.7 Å². The quantitative estimate of drug-likeness (QED) is 0.302. The van der Waals surface area contributed by atoms with Gasteiger partial charge in [0.05, 0.1) is 29.0 Å². The van der Waals surface area contributed by atoms with Crippen molar-refractivity contribution in [3.05, 3.63) is 82.1 Å². The van der Waals surface area contributed by atoms with Crippen LogP contribution in [0.2, 0.25) is 0 Å². The van der Waals surface area contributed by atoms with E-state index < -0.39 is 0 Å². The Bertz CT molecular complexity index is 1350. The van der Waals surface area contributed by atoms with Crippen LogP contribution in [0.3, 0.4) is 0 Å². The molecule has 0 saturated heterocycles. The third-order valence-electron chi connectivity index (χ3n) is 7.04. The normalized spacial score (nSPS) is 15.0. The highest BCUT2D eigenvalue weighted by Gasteiger charge is 2.40. The SMILES string of the molecule is Cc1ncc(-c2csc(C3(c4ccc(C(=O)Nc5ccccc5N)cc4)CCCC3)n2)n1C(C)C. The second kappa shape index (κ2) is 9.30. The molecule has 0 radical (unpaired) electrons. The van der Waals surface area contributed by atoms with E-state index in [0.29, 0.717) is 23.0 Å². The van der Waals surface area contributed by atoms with Gasteiger partial charge in [0.2, 0.25) is 0 Å². The summed E-state index contributed by atoms with van der Waals surface area (Å²) in [5.74, 6) is 0.843. The highest BCUT2D eigenvalue weighted by Crippen LogP contribution is 2.48. The summed E-state index contributed by atoms with van der Waals surface area (Å²) in [5, 5.41) is 6.22. The number of thiazole rings is 1. The number of nitrogens with two attached hydrogens (primary N) is 1. The minimum atomic E-state index is -0.163. The molecule has 1 fully saturated rings. The van der Waals surface area contributed by atoms with Gasteiger partial charge in [0, 0.05) is 22.4 Å². The van der Waals surface area contributed by atoms with Crippen LogP contribution in [0.15, 0.2) is 60.1 Å². The van der Waals surface area contributed by atoms with Gasteiger partial charge < -0.3 is 15.6 Å². The number of hydrogen-bond acceptors (Lipinski definition) is 5. The molecule has 0 aliphatic heterocycles. The maximum Gasteiger partial charge on any atom is 0.255 e. The number of aromatic nitrogens is 3. The van der Waals surface area contributed by atoms with E-state index in [1.807, 2.05) is 43.5 Å². The van der Waals surface area contributed by atoms with E-state index in [1.54, 1.807) is 17.4 Å². The maximum absolute atomic E-state index is 12.8. The van der Waals surface area contributed by atoms with Gasteiger partial charge in [0.15, 0.2) is 0 Å². The van der Waals surface area contributed by atoms with Crippen molar-refractivity contribution in [1.29, 1.82) is 0 Å². The molecule has 2 heterocycles. The third kappa shape index (κ3) is 4.25. The van der Waals surface area contributed by atoms with E-state index in [2.05, 4.69) is 46.2 Å². The van der Waals surface area contributed by atoms with Crippen molar-refractivity contribution >= 4 is 28.6 Å². The summed E-state index contributed by atoms with van der Waals surface area (Å²) < 4.78 is 2.24. The summed E-state index contributed by atoms with van der Waals surface area (Å²) in [6.07, 6.45) is 6.41. The smallest absolute Gasteiger partial charge is 0.255 e. The summed E-state index contributed by atoms with van der Waals surface area (Å²) in [5.41, 5.74) is 10.9. The minimum absolute atomic E-state index is 0.112. The zero-order valence-corrected chi connectivity index (χ0v) is 21.2. The van der Waals surface area contributed by atoms with Gasteiger partial charge in [-0.3, -0.25) is 4.79 Å². The molecule has 1 aliphatic carbocycles. The Hall–Kier alpha value is -3.45. The van der Waals surface area contributed by atoms with Crippen molar-refractivity contribution in [1.82, 2.24) is 14.5 Å². The largest absolute Gasteiger partial charge is 0.397 e. The fourth-order valence-electron chi connectivity index (χ4n) is 5.26. The number of anilines is 2. The molecular weight excluding hydrogens is 454 g/mol. The number of nitrogens with one attached hydrogen (secondary N) is 1. The number of hydrogen-bond donors (Lipinski definition) is 2. The van der Waals surface area contributed by atoms with Crippen LogP contribution in [0.1, 0.15) is 72.3 Å². The topological polar surface area (TPSA) is 85.8 Å². The molecule has 0 atom stereocenters. The second-order valence-corrected chi connectivity index (χ2v) is 10.5. The lowest BCUT2D eigenvalue weighted by atomic mass is 9.79. The zero-order valence-electron chi connectivity index (χ0n) is 20.4. The molecule has 0 bridgehead atoms. The van der Waals surface area contributed by atoms with E-state index in [-0.39, 0.29) is 11.3 Å². The predicted molar refractivity (Wildman–Crippen MR) is 143 cm³/mol. The molecule has 0 unspecified atom stereocenters. The van der Waals surface area contributed by atoms with Crippen LogP contribution in [0.4, 0.5) is 11.4 Å². The van der Waals surface area contributed by atoms with Gasteiger partial charge >= 0.3 is 0 Å². The molecule has 1 saturated carbocycles. The lowest BCUT2D eigenvalue weighted by molar-refractivity contribution is 0.102. The number of benzene rings is 2. The van der Waals surface area contributed by atoms with Crippen molar-refractivity contribution < 1.29 is 4.79 Å². The zero-order chi connectivity index (χ0) is 24.6. The standard InChI is InChI=1S/C28H31N5OS/c1-18(2)33-19(3)30-16-25(33)24-17-35-27(32-24)28(14-6-7-15-28)21-12-10-20(11-13-21)26(34)31-23-9-5-4-8-22(23)29/h4-5,8-13,16-18H,6-7,14-15,29H2,1-3H3,(H,31,34). The monoisotopic (exact) mass is 485 g/mol. The average Bonchev–Trinajstić information content (AvgIpc) is 3.60. The molecule has 3 N–H and O–H groups in total. The van der Waals surface area contributed by atoms with Crippen molar-refractivity contribution in [2.45, 2.75) is 57.9 Å². The van der Waals surface area contributed by atoms with Gasteiger partial charge in [-0.25, -0.2) is 9.97 Å².